The van der Waals surface area contributed by atoms with Gasteiger partial charge in [0.2, 0.25) is 11.9 Å². The summed E-state index contributed by atoms with van der Waals surface area (Å²) in [5.41, 5.74) is 2.91. The van der Waals surface area contributed by atoms with Gasteiger partial charge in [-0.25, -0.2) is 9.97 Å². The summed E-state index contributed by atoms with van der Waals surface area (Å²) in [5, 5.41) is 8.45. The summed E-state index contributed by atoms with van der Waals surface area (Å²) >= 11 is 0. The standard InChI is InChI=1S/C23H27N7O/c1-18-7-11-24-22(27-18)28-14-9-23(10-15-28)8-3-6-21(31)29(23)17-19-4-2-5-20(16-19)30-25-12-13-26-30/h2,4-5,7,11-13,16H,3,6,8-10,14-15,17H2,1H3. The molecular formula is C23H27N7O. The number of anilines is 1. The summed E-state index contributed by atoms with van der Waals surface area (Å²) in [6, 6.07) is 10.1. The molecule has 0 unspecified atom stereocenters. The molecule has 0 atom stereocenters. The van der Waals surface area contributed by atoms with E-state index in [1.165, 1.54) is 0 Å². The Morgan fingerprint density at radius 2 is 1.84 bits per heavy atom. The van der Waals surface area contributed by atoms with Gasteiger partial charge in [-0.2, -0.15) is 15.0 Å². The highest BCUT2D eigenvalue weighted by atomic mass is 16.2. The van der Waals surface area contributed by atoms with Gasteiger partial charge in [0.25, 0.3) is 0 Å². The second-order valence-corrected chi connectivity index (χ2v) is 8.53. The molecule has 5 rings (SSSR count). The van der Waals surface area contributed by atoms with E-state index in [1.807, 2.05) is 31.3 Å². The van der Waals surface area contributed by atoms with E-state index < -0.39 is 0 Å². The van der Waals surface area contributed by atoms with Crippen molar-refractivity contribution < 1.29 is 4.79 Å². The van der Waals surface area contributed by atoms with Crippen LogP contribution in [-0.4, -0.2) is 54.4 Å². The van der Waals surface area contributed by atoms with Gasteiger partial charge in [0.1, 0.15) is 0 Å². The minimum absolute atomic E-state index is 0.0877. The molecule has 1 aromatic carbocycles. The number of carbonyl (C=O) groups is 1. The van der Waals surface area contributed by atoms with Gasteiger partial charge in [-0.15, -0.1) is 0 Å². The van der Waals surface area contributed by atoms with E-state index in [1.54, 1.807) is 17.2 Å². The molecule has 8 nitrogen and oxygen atoms in total. The first-order valence-corrected chi connectivity index (χ1v) is 10.9. The Labute approximate surface area is 181 Å². The number of carbonyl (C=O) groups excluding carboxylic acids is 1. The summed E-state index contributed by atoms with van der Waals surface area (Å²) in [5.74, 6) is 1.05. The topological polar surface area (TPSA) is 80.0 Å². The van der Waals surface area contributed by atoms with Crippen molar-refractivity contribution in [2.75, 3.05) is 18.0 Å². The number of hydrogen-bond acceptors (Lipinski definition) is 6. The average molecular weight is 418 g/mol. The van der Waals surface area contributed by atoms with E-state index in [-0.39, 0.29) is 11.4 Å². The van der Waals surface area contributed by atoms with Crippen LogP contribution in [0.15, 0.2) is 48.9 Å². The highest BCUT2D eigenvalue weighted by Crippen LogP contribution is 2.39. The molecule has 0 radical (unpaired) electrons. The maximum Gasteiger partial charge on any atom is 0.225 e. The van der Waals surface area contributed by atoms with Gasteiger partial charge >= 0.3 is 0 Å². The molecule has 1 spiro atoms. The second kappa shape index (κ2) is 8.09. The largest absolute Gasteiger partial charge is 0.341 e. The van der Waals surface area contributed by atoms with Crippen LogP contribution in [0.2, 0.25) is 0 Å². The highest BCUT2D eigenvalue weighted by Gasteiger charge is 2.44. The highest BCUT2D eigenvalue weighted by molar-refractivity contribution is 5.78. The Kier molecular flexibility index (Phi) is 5.13. The number of hydrogen-bond donors (Lipinski definition) is 0. The van der Waals surface area contributed by atoms with Gasteiger partial charge in [-0.3, -0.25) is 4.79 Å². The van der Waals surface area contributed by atoms with Gasteiger partial charge in [0.05, 0.1) is 18.1 Å². The van der Waals surface area contributed by atoms with Crippen LogP contribution >= 0.6 is 0 Å². The first-order valence-electron chi connectivity index (χ1n) is 10.9. The fourth-order valence-electron chi connectivity index (χ4n) is 4.90. The van der Waals surface area contributed by atoms with Crippen LogP contribution < -0.4 is 4.90 Å². The van der Waals surface area contributed by atoms with Crippen molar-refractivity contribution >= 4 is 11.9 Å². The molecule has 0 aliphatic carbocycles. The fourth-order valence-corrected chi connectivity index (χ4v) is 4.90. The van der Waals surface area contributed by atoms with Crippen LogP contribution in [0.3, 0.4) is 0 Å². The van der Waals surface area contributed by atoms with Crippen LogP contribution in [0, 0.1) is 6.92 Å². The average Bonchev–Trinajstić information content (AvgIpc) is 3.32. The quantitative estimate of drug-likeness (QED) is 0.649. The first-order chi connectivity index (χ1) is 15.1. The van der Waals surface area contributed by atoms with Crippen molar-refractivity contribution in [2.45, 2.75) is 51.1 Å². The second-order valence-electron chi connectivity index (χ2n) is 8.53. The zero-order valence-electron chi connectivity index (χ0n) is 17.8. The number of piperidine rings is 2. The number of aromatic nitrogens is 5. The Morgan fingerprint density at radius 3 is 2.61 bits per heavy atom. The van der Waals surface area contributed by atoms with E-state index in [0.29, 0.717) is 13.0 Å². The van der Waals surface area contributed by atoms with Gasteiger partial charge in [0.15, 0.2) is 0 Å². The molecule has 0 bridgehead atoms. The molecule has 4 heterocycles. The van der Waals surface area contributed by atoms with Gasteiger partial charge in [0, 0.05) is 43.5 Å². The van der Waals surface area contributed by atoms with Crippen molar-refractivity contribution in [2.24, 2.45) is 0 Å². The fraction of sp³-hybridized carbons (Fsp3) is 0.435. The summed E-state index contributed by atoms with van der Waals surface area (Å²) in [6.45, 7) is 4.34. The van der Waals surface area contributed by atoms with Crippen molar-refractivity contribution in [1.29, 1.82) is 0 Å². The van der Waals surface area contributed by atoms with Gasteiger partial charge in [-0.1, -0.05) is 12.1 Å². The molecule has 2 aliphatic heterocycles. The van der Waals surface area contributed by atoms with Crippen LogP contribution in [0.25, 0.3) is 5.69 Å². The normalized spacial score (nSPS) is 18.5. The summed E-state index contributed by atoms with van der Waals surface area (Å²) in [4.78, 5) is 28.1. The number of likely N-dealkylation sites (tertiary alicyclic amines) is 1. The van der Waals surface area contributed by atoms with Crippen LogP contribution in [0.1, 0.15) is 43.4 Å². The first kappa shape index (κ1) is 19.7. The number of aryl methyl sites for hydroxylation is 1. The van der Waals surface area contributed by atoms with Crippen LogP contribution in [0.4, 0.5) is 5.95 Å². The monoisotopic (exact) mass is 417 g/mol. The molecule has 2 saturated heterocycles. The lowest BCUT2D eigenvalue weighted by molar-refractivity contribution is -0.144. The van der Waals surface area contributed by atoms with Gasteiger partial charge < -0.3 is 9.80 Å². The molecular weight excluding hydrogens is 390 g/mol. The SMILES string of the molecule is Cc1ccnc(N2CCC3(CCCC(=O)N3Cc3cccc(-n4nccn4)c3)CC2)n1. The molecule has 0 saturated carbocycles. The van der Waals surface area contributed by atoms with Crippen molar-refractivity contribution in [3.05, 3.63) is 60.2 Å². The van der Waals surface area contributed by atoms with E-state index in [4.69, 9.17) is 0 Å². The van der Waals surface area contributed by atoms with E-state index >= 15 is 0 Å². The molecule has 0 N–H and O–H groups in total. The maximum absolute atomic E-state index is 13.0. The minimum Gasteiger partial charge on any atom is -0.341 e. The van der Waals surface area contributed by atoms with Crippen molar-refractivity contribution in [3.63, 3.8) is 0 Å². The van der Waals surface area contributed by atoms with Gasteiger partial charge in [-0.05, 0) is 56.4 Å². The molecule has 2 aliphatic rings. The zero-order valence-corrected chi connectivity index (χ0v) is 17.8. The maximum atomic E-state index is 13.0. The molecule has 31 heavy (non-hydrogen) atoms. The molecule has 1 amide bonds. The van der Waals surface area contributed by atoms with Crippen LogP contribution in [-0.2, 0) is 11.3 Å². The molecule has 2 fully saturated rings. The summed E-state index contributed by atoms with van der Waals surface area (Å²) in [6.07, 6.45) is 9.69. The summed E-state index contributed by atoms with van der Waals surface area (Å²) in [7, 11) is 0. The molecule has 160 valence electrons. The lowest BCUT2D eigenvalue weighted by Crippen LogP contribution is -2.59. The number of nitrogens with zero attached hydrogens (tertiary/aromatic N) is 7. The molecule has 3 aromatic rings. The number of amides is 1. The lowest BCUT2D eigenvalue weighted by Gasteiger charge is -2.51. The lowest BCUT2D eigenvalue weighted by atomic mass is 9.78. The third-order valence-corrected chi connectivity index (χ3v) is 6.57. The smallest absolute Gasteiger partial charge is 0.225 e. The Morgan fingerprint density at radius 1 is 1.03 bits per heavy atom. The third-order valence-electron chi connectivity index (χ3n) is 6.57. The summed E-state index contributed by atoms with van der Waals surface area (Å²) < 4.78 is 0. The number of rotatable bonds is 4. The minimum atomic E-state index is -0.0877. The number of benzene rings is 1. The zero-order chi connectivity index (χ0) is 21.3. The van der Waals surface area contributed by atoms with E-state index in [2.05, 4.69) is 42.1 Å². The molecule has 8 heteroatoms. The Bertz CT molecular complexity index is 1060. The van der Waals surface area contributed by atoms with Crippen LogP contribution in [0.5, 0.6) is 0 Å². The predicted molar refractivity (Wildman–Crippen MR) is 117 cm³/mol. The Balaban J connectivity index is 1.35. The van der Waals surface area contributed by atoms with Crippen molar-refractivity contribution in [1.82, 2.24) is 29.9 Å². The molecule has 2 aromatic heterocycles. The van der Waals surface area contributed by atoms with E-state index in [0.717, 1.165) is 61.7 Å². The predicted octanol–water partition coefficient (Wildman–Crippen LogP) is 2.92. The Hall–Kier alpha value is -3.29. The third kappa shape index (κ3) is 3.89. The van der Waals surface area contributed by atoms with Crippen molar-refractivity contribution in [3.8, 4) is 5.69 Å². The van der Waals surface area contributed by atoms with E-state index in [9.17, 15) is 4.79 Å².